The van der Waals surface area contributed by atoms with Gasteiger partial charge in [-0.2, -0.15) is 5.21 Å². The van der Waals surface area contributed by atoms with Gasteiger partial charge < -0.3 is 23.7 Å². The fraction of sp³-hybridized carbons (Fsp3) is 0.244. The zero-order valence-electron chi connectivity index (χ0n) is 27.9. The van der Waals surface area contributed by atoms with Crippen LogP contribution in [0.5, 0.6) is 0 Å². The minimum atomic E-state index is -0.782. The molecule has 0 radical (unpaired) electrons. The van der Waals surface area contributed by atoms with E-state index >= 15 is 0 Å². The third-order valence-corrected chi connectivity index (χ3v) is 8.15. The van der Waals surface area contributed by atoms with E-state index in [1.165, 1.54) is 0 Å². The summed E-state index contributed by atoms with van der Waals surface area (Å²) in [5.41, 5.74) is 5.08. The van der Waals surface area contributed by atoms with E-state index in [9.17, 15) is 0 Å². The molecule has 0 unspecified atom stereocenters. The number of aromatic nitrogens is 4. The second-order valence-corrected chi connectivity index (χ2v) is 11.8. The Hall–Kier alpha value is -5.03. The molecular formula is C41H42N4O5. The normalized spacial score (nSPS) is 13.8. The van der Waals surface area contributed by atoms with Gasteiger partial charge in [0.1, 0.15) is 18.3 Å². The molecule has 50 heavy (non-hydrogen) atoms. The number of H-pyrrole nitrogens is 1. The van der Waals surface area contributed by atoms with Crippen molar-refractivity contribution in [2.24, 2.45) is 0 Å². The van der Waals surface area contributed by atoms with Crippen molar-refractivity contribution in [1.82, 2.24) is 20.6 Å². The molecule has 1 aromatic heterocycles. The Kier molecular flexibility index (Phi) is 13.4. The number of hydrogen-bond donors (Lipinski definition) is 1. The Morgan fingerprint density at radius 2 is 0.840 bits per heavy atom. The molecule has 1 N–H and O–H groups in total. The second-order valence-electron chi connectivity index (χ2n) is 11.8. The van der Waals surface area contributed by atoms with E-state index in [0.717, 1.165) is 27.8 Å². The summed E-state index contributed by atoms with van der Waals surface area (Å²) in [6, 6.07) is 50.2. The molecule has 5 aromatic carbocycles. The summed E-state index contributed by atoms with van der Waals surface area (Å²) in [6.45, 7) is 1.86. The SMILES string of the molecule is c1ccc(COC[C@@H](OCc2ccccc2)[C@@H](OCc2ccccc2)[C@@H](OCc2ccccc2)[C@@H](OCc2ccccc2)c2nn[nH]n2)cc1. The fourth-order valence-electron chi connectivity index (χ4n) is 5.55. The molecule has 0 saturated heterocycles. The monoisotopic (exact) mass is 670 g/mol. The highest BCUT2D eigenvalue weighted by molar-refractivity contribution is 5.17. The van der Waals surface area contributed by atoms with Crippen molar-refractivity contribution < 1.29 is 23.7 Å². The minimum Gasteiger partial charge on any atom is -0.374 e. The van der Waals surface area contributed by atoms with Crippen LogP contribution in [-0.4, -0.2) is 45.5 Å². The molecule has 9 nitrogen and oxygen atoms in total. The molecule has 256 valence electrons. The summed E-state index contributed by atoms with van der Waals surface area (Å²) < 4.78 is 33.5. The van der Waals surface area contributed by atoms with Gasteiger partial charge >= 0.3 is 0 Å². The lowest BCUT2D eigenvalue weighted by molar-refractivity contribution is -0.203. The number of nitrogens with one attached hydrogen (secondary N) is 1. The molecule has 0 aliphatic heterocycles. The van der Waals surface area contributed by atoms with Crippen molar-refractivity contribution in [1.29, 1.82) is 0 Å². The number of ether oxygens (including phenoxy) is 5. The van der Waals surface area contributed by atoms with E-state index in [4.69, 9.17) is 23.7 Å². The van der Waals surface area contributed by atoms with Gasteiger partial charge in [0.05, 0.1) is 39.6 Å². The van der Waals surface area contributed by atoms with Crippen molar-refractivity contribution in [2.45, 2.75) is 57.5 Å². The minimum absolute atomic E-state index is 0.226. The lowest BCUT2D eigenvalue weighted by Crippen LogP contribution is -2.48. The van der Waals surface area contributed by atoms with E-state index in [2.05, 4.69) is 20.6 Å². The smallest absolute Gasteiger partial charge is 0.206 e. The topological polar surface area (TPSA) is 101 Å². The highest BCUT2D eigenvalue weighted by atomic mass is 16.6. The molecule has 6 rings (SSSR count). The van der Waals surface area contributed by atoms with Crippen molar-refractivity contribution in [2.75, 3.05) is 6.61 Å². The van der Waals surface area contributed by atoms with E-state index in [1.54, 1.807) is 0 Å². The summed E-state index contributed by atoms with van der Waals surface area (Å²) in [4.78, 5) is 0. The number of benzene rings is 5. The van der Waals surface area contributed by atoms with Crippen LogP contribution in [0.3, 0.4) is 0 Å². The molecule has 6 aromatic rings. The Morgan fingerprint density at radius 3 is 1.28 bits per heavy atom. The van der Waals surface area contributed by atoms with Crippen LogP contribution in [0.25, 0.3) is 0 Å². The molecule has 0 spiro atoms. The lowest BCUT2D eigenvalue weighted by Gasteiger charge is -2.36. The molecule has 4 atom stereocenters. The maximum atomic E-state index is 6.87. The van der Waals surface area contributed by atoms with Crippen molar-refractivity contribution in [3.63, 3.8) is 0 Å². The van der Waals surface area contributed by atoms with Crippen molar-refractivity contribution in [3.8, 4) is 0 Å². The Bertz CT molecular complexity index is 1750. The van der Waals surface area contributed by atoms with Crippen LogP contribution in [-0.2, 0) is 56.7 Å². The fourth-order valence-corrected chi connectivity index (χ4v) is 5.55. The molecule has 1 heterocycles. The van der Waals surface area contributed by atoms with Gasteiger partial charge in [-0.05, 0) is 27.8 Å². The standard InChI is InChI=1S/C41H42N4O5/c1-6-16-32(17-7-1)26-46-31-37(47-27-33-18-8-2-9-19-33)38(48-28-34-20-10-3-11-21-34)39(49-29-35-22-12-4-13-23-35)40(41-42-44-45-43-41)50-30-36-24-14-5-15-25-36/h1-25,37-40H,26-31H2,(H,42,43,44,45)/t37-,38-,39-,40-/m1/s1. The summed E-state index contributed by atoms with van der Waals surface area (Å²) >= 11 is 0. The molecule has 0 saturated carbocycles. The van der Waals surface area contributed by atoms with Crippen molar-refractivity contribution >= 4 is 0 Å². The number of hydrogen-bond acceptors (Lipinski definition) is 8. The number of tetrazole rings is 1. The van der Waals surface area contributed by atoms with Crippen LogP contribution >= 0.6 is 0 Å². The Labute approximate surface area is 293 Å². The first kappa shape index (κ1) is 34.8. The average Bonchev–Trinajstić information content (AvgIpc) is 3.72. The maximum Gasteiger partial charge on any atom is 0.206 e. The molecule has 0 bridgehead atoms. The van der Waals surface area contributed by atoms with E-state index in [-0.39, 0.29) is 19.8 Å². The Balaban J connectivity index is 1.36. The summed E-state index contributed by atoms with van der Waals surface area (Å²) in [7, 11) is 0. The van der Waals surface area contributed by atoms with Crippen LogP contribution in [0.4, 0.5) is 0 Å². The van der Waals surface area contributed by atoms with E-state index < -0.39 is 24.4 Å². The van der Waals surface area contributed by atoms with Gasteiger partial charge in [-0.3, -0.25) is 0 Å². The van der Waals surface area contributed by atoms with Gasteiger partial charge in [-0.15, -0.1) is 10.2 Å². The van der Waals surface area contributed by atoms with Gasteiger partial charge in [0, 0.05) is 0 Å². The third kappa shape index (κ3) is 10.7. The quantitative estimate of drug-likeness (QED) is 0.0896. The van der Waals surface area contributed by atoms with Gasteiger partial charge in [-0.25, -0.2) is 0 Å². The second kappa shape index (κ2) is 19.2. The predicted molar refractivity (Wildman–Crippen MR) is 189 cm³/mol. The number of rotatable bonds is 20. The Morgan fingerprint density at radius 1 is 0.440 bits per heavy atom. The number of nitrogens with zero attached hydrogens (tertiary/aromatic N) is 3. The first-order chi connectivity index (χ1) is 24.8. The highest BCUT2D eigenvalue weighted by Gasteiger charge is 2.41. The van der Waals surface area contributed by atoms with E-state index in [1.807, 2.05) is 152 Å². The molecule has 0 fully saturated rings. The summed E-state index contributed by atoms with van der Waals surface area (Å²) in [6.07, 6.45) is -2.81. The highest BCUT2D eigenvalue weighted by Crippen LogP contribution is 2.30. The first-order valence-corrected chi connectivity index (χ1v) is 16.8. The van der Waals surface area contributed by atoms with Crippen LogP contribution in [0.2, 0.25) is 0 Å². The number of aromatic amines is 1. The van der Waals surface area contributed by atoms with Crippen LogP contribution in [0.1, 0.15) is 39.7 Å². The molecule has 0 amide bonds. The summed E-state index contributed by atoms with van der Waals surface area (Å²) in [5, 5.41) is 15.2. The largest absolute Gasteiger partial charge is 0.374 e. The van der Waals surface area contributed by atoms with Crippen LogP contribution in [0, 0.1) is 0 Å². The van der Waals surface area contributed by atoms with Crippen molar-refractivity contribution in [3.05, 3.63) is 185 Å². The van der Waals surface area contributed by atoms with Gasteiger partial charge in [0.2, 0.25) is 5.82 Å². The van der Waals surface area contributed by atoms with Gasteiger partial charge in [-0.1, -0.05) is 157 Å². The molecule has 0 aliphatic carbocycles. The average molecular weight is 671 g/mol. The molecule has 9 heteroatoms. The van der Waals surface area contributed by atoms with Crippen LogP contribution in [0.15, 0.2) is 152 Å². The zero-order valence-corrected chi connectivity index (χ0v) is 27.9. The maximum absolute atomic E-state index is 6.87. The zero-order chi connectivity index (χ0) is 34.1. The lowest BCUT2D eigenvalue weighted by atomic mass is 10.0. The third-order valence-electron chi connectivity index (χ3n) is 8.15. The summed E-state index contributed by atoms with van der Waals surface area (Å²) in [5.74, 6) is 0.347. The van der Waals surface area contributed by atoms with Gasteiger partial charge in [0.15, 0.2) is 6.10 Å². The predicted octanol–water partition coefficient (Wildman–Crippen LogP) is 7.43. The van der Waals surface area contributed by atoms with Crippen LogP contribution < -0.4 is 0 Å². The van der Waals surface area contributed by atoms with Gasteiger partial charge in [0.25, 0.3) is 0 Å². The van der Waals surface area contributed by atoms with E-state index in [0.29, 0.717) is 25.6 Å². The molecule has 0 aliphatic rings. The molecular weight excluding hydrogens is 628 g/mol. The first-order valence-electron chi connectivity index (χ1n) is 16.8.